The van der Waals surface area contributed by atoms with Crippen molar-refractivity contribution in [3.8, 4) is 11.5 Å². The Morgan fingerprint density at radius 2 is 1.71 bits per heavy atom. The molecule has 0 saturated carbocycles. The van der Waals surface area contributed by atoms with Crippen molar-refractivity contribution in [2.24, 2.45) is 4.99 Å². The first-order valence-corrected chi connectivity index (χ1v) is 12.9. The molecule has 12 heteroatoms. The van der Waals surface area contributed by atoms with Gasteiger partial charge in [0, 0.05) is 43.5 Å². The highest BCUT2D eigenvalue weighted by Gasteiger charge is 2.40. The minimum atomic E-state index is -4.66. The minimum absolute atomic E-state index is 0.0162. The van der Waals surface area contributed by atoms with Gasteiger partial charge in [-0.15, -0.1) is 0 Å². The molecule has 0 aromatic heterocycles. The second kappa shape index (κ2) is 11.2. The van der Waals surface area contributed by atoms with E-state index < -0.39 is 36.0 Å². The summed E-state index contributed by atoms with van der Waals surface area (Å²) in [5.74, 6) is -0.745. The van der Waals surface area contributed by atoms with Gasteiger partial charge in [-0.3, -0.25) is 4.79 Å². The third kappa shape index (κ3) is 5.72. The van der Waals surface area contributed by atoms with E-state index in [1.807, 2.05) is 29.2 Å². The van der Waals surface area contributed by atoms with E-state index in [-0.39, 0.29) is 23.0 Å². The van der Waals surface area contributed by atoms with Crippen molar-refractivity contribution >= 4 is 29.0 Å². The van der Waals surface area contributed by atoms with Crippen LogP contribution in [0.1, 0.15) is 23.6 Å². The average Bonchev–Trinajstić information content (AvgIpc) is 2.96. The number of ether oxygens (including phenoxy) is 2. The van der Waals surface area contributed by atoms with E-state index in [1.54, 1.807) is 7.11 Å². The monoisotopic (exact) mass is 572 g/mol. The minimum Gasteiger partial charge on any atom is -0.497 e. The maximum atomic E-state index is 14.4. The molecule has 0 amide bonds. The fourth-order valence-electron chi connectivity index (χ4n) is 5.23. The summed E-state index contributed by atoms with van der Waals surface area (Å²) in [6.45, 7) is 1.98. The van der Waals surface area contributed by atoms with Crippen molar-refractivity contribution in [1.82, 2.24) is 4.90 Å². The van der Waals surface area contributed by atoms with E-state index in [9.17, 15) is 27.5 Å². The van der Waals surface area contributed by atoms with Crippen LogP contribution in [0.15, 0.2) is 65.7 Å². The van der Waals surface area contributed by atoms with E-state index in [1.165, 1.54) is 36.3 Å². The second-order valence-electron chi connectivity index (χ2n) is 9.66. The van der Waals surface area contributed by atoms with Gasteiger partial charge in [0.1, 0.15) is 17.3 Å². The lowest BCUT2D eigenvalue weighted by Gasteiger charge is -2.45. The second-order valence-corrected chi connectivity index (χ2v) is 9.66. The molecule has 0 aliphatic carbocycles. The van der Waals surface area contributed by atoms with Crippen molar-refractivity contribution in [3.63, 3.8) is 0 Å². The molecule has 2 aliphatic rings. The molecule has 0 radical (unpaired) electrons. The zero-order valence-electron chi connectivity index (χ0n) is 22.4. The van der Waals surface area contributed by atoms with Crippen LogP contribution in [0.4, 0.5) is 34.6 Å². The Hall–Kier alpha value is -4.48. The van der Waals surface area contributed by atoms with Gasteiger partial charge in [0.2, 0.25) is 5.96 Å². The number of guanidine groups is 1. The number of aliphatic carboxylic acids is 1. The first-order valence-electron chi connectivity index (χ1n) is 12.9. The molecule has 1 N–H and O–H groups in total. The molecule has 0 bridgehead atoms. The Labute approximate surface area is 234 Å². The van der Waals surface area contributed by atoms with Gasteiger partial charge in [-0.25, -0.2) is 9.38 Å². The van der Waals surface area contributed by atoms with Gasteiger partial charge >= 0.3 is 12.1 Å². The summed E-state index contributed by atoms with van der Waals surface area (Å²) in [6, 6.07) is 13.4. The predicted octanol–water partition coefficient (Wildman–Crippen LogP) is 5.71. The normalized spacial score (nSPS) is 17.2. The van der Waals surface area contributed by atoms with Gasteiger partial charge in [-0.2, -0.15) is 13.2 Å². The predicted molar refractivity (Wildman–Crippen MR) is 146 cm³/mol. The van der Waals surface area contributed by atoms with Crippen LogP contribution in [0, 0.1) is 5.82 Å². The highest BCUT2D eigenvalue weighted by atomic mass is 19.4. The summed E-state index contributed by atoms with van der Waals surface area (Å²) < 4.78 is 66.6. The average molecular weight is 573 g/mol. The SMILES string of the molecule is COc1cccc(N2CCN(C3=Nc4ccc(F)cc4[C@H](CC(=O)O)N3c3cc(C(F)(F)F)ccc3OC)CC2)c1. The van der Waals surface area contributed by atoms with E-state index in [0.717, 1.165) is 17.8 Å². The van der Waals surface area contributed by atoms with Crippen molar-refractivity contribution in [2.75, 3.05) is 50.2 Å². The smallest absolute Gasteiger partial charge is 0.416 e. The summed E-state index contributed by atoms with van der Waals surface area (Å²) in [6.07, 6.45) is -5.18. The van der Waals surface area contributed by atoms with Crippen LogP contribution < -0.4 is 19.3 Å². The molecule has 3 aromatic rings. The summed E-state index contributed by atoms with van der Waals surface area (Å²) >= 11 is 0. The number of methoxy groups -OCH3 is 2. The fraction of sp³-hybridized carbons (Fsp3) is 0.310. The number of benzene rings is 3. The number of carboxylic acids is 1. The maximum Gasteiger partial charge on any atom is 0.416 e. The molecule has 8 nitrogen and oxygen atoms in total. The van der Waals surface area contributed by atoms with Crippen molar-refractivity contribution in [3.05, 3.63) is 77.6 Å². The van der Waals surface area contributed by atoms with Crippen LogP contribution in [-0.2, 0) is 11.0 Å². The molecule has 41 heavy (non-hydrogen) atoms. The molecule has 1 atom stereocenters. The van der Waals surface area contributed by atoms with Crippen LogP contribution >= 0.6 is 0 Å². The van der Waals surface area contributed by atoms with Crippen LogP contribution in [0.3, 0.4) is 0 Å². The summed E-state index contributed by atoms with van der Waals surface area (Å²) in [5, 5.41) is 9.83. The number of hydrogen-bond donors (Lipinski definition) is 1. The number of aliphatic imine (C=N–C) groups is 1. The highest BCUT2D eigenvalue weighted by Crippen LogP contribution is 2.45. The number of fused-ring (bicyclic) bond motifs is 1. The molecule has 1 fully saturated rings. The third-order valence-electron chi connectivity index (χ3n) is 7.21. The summed E-state index contributed by atoms with van der Waals surface area (Å²) in [4.78, 5) is 22.3. The number of anilines is 2. The summed E-state index contributed by atoms with van der Waals surface area (Å²) in [5.41, 5.74) is 0.610. The van der Waals surface area contributed by atoms with Gasteiger partial charge in [-0.1, -0.05) is 6.07 Å². The molecule has 2 aliphatic heterocycles. The Balaban J connectivity index is 1.59. The largest absolute Gasteiger partial charge is 0.497 e. The topological polar surface area (TPSA) is 77.8 Å². The fourth-order valence-corrected chi connectivity index (χ4v) is 5.23. The molecular formula is C29H28F4N4O4. The molecular weight excluding hydrogens is 544 g/mol. The molecule has 0 unspecified atom stereocenters. The van der Waals surface area contributed by atoms with Crippen LogP contribution in [0.5, 0.6) is 11.5 Å². The number of carbonyl (C=O) groups is 1. The van der Waals surface area contributed by atoms with Gasteiger partial charge in [0.05, 0.1) is 43.6 Å². The number of carboxylic acid groups (broad SMARTS) is 1. The first kappa shape index (κ1) is 28.1. The van der Waals surface area contributed by atoms with E-state index in [4.69, 9.17) is 14.5 Å². The number of halogens is 4. The number of hydrogen-bond acceptors (Lipinski definition) is 7. The van der Waals surface area contributed by atoms with Crippen LogP contribution in [-0.4, -0.2) is 62.3 Å². The van der Waals surface area contributed by atoms with Crippen molar-refractivity contribution in [1.29, 1.82) is 0 Å². The third-order valence-corrected chi connectivity index (χ3v) is 7.21. The quantitative estimate of drug-likeness (QED) is 0.380. The van der Waals surface area contributed by atoms with Gasteiger partial charge in [0.15, 0.2) is 0 Å². The van der Waals surface area contributed by atoms with Gasteiger partial charge in [0.25, 0.3) is 0 Å². The van der Waals surface area contributed by atoms with Crippen molar-refractivity contribution in [2.45, 2.75) is 18.6 Å². The van der Waals surface area contributed by atoms with E-state index >= 15 is 0 Å². The van der Waals surface area contributed by atoms with Crippen LogP contribution in [0.25, 0.3) is 0 Å². The number of rotatable bonds is 6. The molecule has 0 spiro atoms. The standard InChI is InChI=1S/C29H28F4N4O4/c1-40-21-5-3-4-20(16-21)35-10-12-36(13-11-35)28-34-23-8-7-19(30)15-22(23)24(17-27(38)39)37(28)25-14-18(29(31,32)33)6-9-26(25)41-2/h3-9,14-16,24H,10-13,17H2,1-2H3,(H,38,39)/t24-/m0/s1. The van der Waals surface area contributed by atoms with Crippen LogP contribution in [0.2, 0.25) is 0 Å². The Bertz CT molecular complexity index is 1470. The first-order chi connectivity index (χ1) is 19.6. The lowest BCUT2D eigenvalue weighted by Crippen LogP contribution is -2.55. The van der Waals surface area contributed by atoms with Gasteiger partial charge in [-0.05, 0) is 48.5 Å². The van der Waals surface area contributed by atoms with Gasteiger partial charge < -0.3 is 29.3 Å². The lowest BCUT2D eigenvalue weighted by atomic mass is 9.96. The molecule has 216 valence electrons. The summed E-state index contributed by atoms with van der Waals surface area (Å²) in [7, 11) is 2.91. The number of piperazine rings is 1. The van der Waals surface area contributed by atoms with E-state index in [2.05, 4.69) is 4.90 Å². The van der Waals surface area contributed by atoms with Crippen molar-refractivity contribution < 1.29 is 36.9 Å². The molecule has 3 aromatic carbocycles. The highest BCUT2D eigenvalue weighted by molar-refractivity contribution is 6.02. The molecule has 2 heterocycles. The molecule has 5 rings (SSSR count). The number of nitrogens with zero attached hydrogens (tertiary/aromatic N) is 4. The van der Waals surface area contributed by atoms with E-state index in [0.29, 0.717) is 37.6 Å². The zero-order valence-corrected chi connectivity index (χ0v) is 22.4. The maximum absolute atomic E-state index is 14.4. The number of alkyl halides is 3. The zero-order chi connectivity index (χ0) is 29.3. The Kier molecular flexibility index (Phi) is 7.65. The Morgan fingerprint density at radius 3 is 2.37 bits per heavy atom. The lowest BCUT2D eigenvalue weighted by molar-refractivity contribution is -0.138. The molecule has 1 saturated heterocycles. The Morgan fingerprint density at radius 1 is 0.976 bits per heavy atom.